The highest BCUT2D eigenvalue weighted by Crippen LogP contribution is 1.88. The van der Waals surface area contributed by atoms with Gasteiger partial charge in [-0.25, -0.2) is 0 Å². The molecule has 2 nitrogen and oxygen atoms in total. The maximum Gasteiger partial charge on any atom is 0.00128 e. The standard InChI is InChI=1S/C8H18N2/c1-3-4-7-10(2)8-5-6-9/h3H,1,4-9H2,2H3. The van der Waals surface area contributed by atoms with E-state index in [-0.39, 0.29) is 0 Å². The summed E-state index contributed by atoms with van der Waals surface area (Å²) in [5.41, 5.74) is 5.36. The van der Waals surface area contributed by atoms with Gasteiger partial charge in [0.15, 0.2) is 0 Å². The van der Waals surface area contributed by atoms with Crippen molar-refractivity contribution in [2.75, 3.05) is 26.7 Å². The van der Waals surface area contributed by atoms with Gasteiger partial charge in [-0.3, -0.25) is 0 Å². The molecule has 0 aromatic carbocycles. The van der Waals surface area contributed by atoms with Gasteiger partial charge in [-0.2, -0.15) is 0 Å². The Morgan fingerprint density at radius 2 is 2.20 bits per heavy atom. The van der Waals surface area contributed by atoms with Crippen LogP contribution >= 0.6 is 0 Å². The zero-order chi connectivity index (χ0) is 7.82. The highest BCUT2D eigenvalue weighted by Gasteiger charge is 1.93. The minimum atomic E-state index is 0.790. The molecular formula is C8H18N2. The summed E-state index contributed by atoms with van der Waals surface area (Å²) in [5.74, 6) is 0. The van der Waals surface area contributed by atoms with Gasteiger partial charge in [0.05, 0.1) is 0 Å². The van der Waals surface area contributed by atoms with Gasteiger partial charge < -0.3 is 10.6 Å². The van der Waals surface area contributed by atoms with Gasteiger partial charge in [0.2, 0.25) is 0 Å². The van der Waals surface area contributed by atoms with E-state index in [0.29, 0.717) is 0 Å². The summed E-state index contributed by atoms with van der Waals surface area (Å²) in [4.78, 5) is 2.27. The molecule has 0 atom stereocenters. The van der Waals surface area contributed by atoms with Crippen LogP contribution in [-0.2, 0) is 0 Å². The molecule has 0 aliphatic rings. The molecule has 0 aliphatic carbocycles. The summed E-state index contributed by atoms with van der Waals surface area (Å²) in [5, 5.41) is 0. The van der Waals surface area contributed by atoms with E-state index >= 15 is 0 Å². The lowest BCUT2D eigenvalue weighted by Crippen LogP contribution is -2.22. The quantitative estimate of drug-likeness (QED) is 0.557. The lowest BCUT2D eigenvalue weighted by molar-refractivity contribution is 0.338. The molecule has 0 fully saturated rings. The Morgan fingerprint density at radius 1 is 1.50 bits per heavy atom. The molecule has 60 valence electrons. The molecule has 0 unspecified atom stereocenters. The zero-order valence-corrected chi connectivity index (χ0v) is 6.84. The van der Waals surface area contributed by atoms with Crippen molar-refractivity contribution < 1.29 is 0 Å². The number of hydrogen-bond acceptors (Lipinski definition) is 2. The third kappa shape index (κ3) is 5.79. The second kappa shape index (κ2) is 6.78. The Kier molecular flexibility index (Phi) is 6.55. The molecule has 0 radical (unpaired) electrons. The van der Waals surface area contributed by atoms with E-state index in [9.17, 15) is 0 Å². The maximum absolute atomic E-state index is 5.36. The minimum absolute atomic E-state index is 0.790. The van der Waals surface area contributed by atoms with Crippen LogP contribution in [0, 0.1) is 0 Å². The molecule has 0 amide bonds. The van der Waals surface area contributed by atoms with Gasteiger partial charge in [-0.15, -0.1) is 6.58 Å². The third-order valence-corrected chi connectivity index (χ3v) is 1.46. The summed E-state index contributed by atoms with van der Waals surface area (Å²) in [6.07, 6.45) is 4.10. The first-order valence-electron chi connectivity index (χ1n) is 3.80. The van der Waals surface area contributed by atoms with Crippen molar-refractivity contribution in [1.29, 1.82) is 0 Å². The van der Waals surface area contributed by atoms with Crippen LogP contribution in [0.5, 0.6) is 0 Å². The van der Waals surface area contributed by atoms with Crippen LogP contribution in [0.25, 0.3) is 0 Å². The molecule has 0 spiro atoms. The van der Waals surface area contributed by atoms with E-state index in [1.807, 2.05) is 6.08 Å². The van der Waals surface area contributed by atoms with Crippen molar-refractivity contribution in [1.82, 2.24) is 4.90 Å². The number of nitrogens with two attached hydrogens (primary N) is 1. The minimum Gasteiger partial charge on any atom is -0.330 e. The Morgan fingerprint density at radius 3 is 2.70 bits per heavy atom. The van der Waals surface area contributed by atoms with E-state index in [0.717, 1.165) is 32.5 Å². The molecule has 0 aliphatic heterocycles. The van der Waals surface area contributed by atoms with Crippen LogP contribution in [0.15, 0.2) is 12.7 Å². The van der Waals surface area contributed by atoms with Crippen molar-refractivity contribution in [3.8, 4) is 0 Å². The molecule has 0 saturated carbocycles. The van der Waals surface area contributed by atoms with Crippen molar-refractivity contribution >= 4 is 0 Å². The van der Waals surface area contributed by atoms with Crippen molar-refractivity contribution in [3.63, 3.8) is 0 Å². The van der Waals surface area contributed by atoms with E-state index in [2.05, 4.69) is 18.5 Å². The van der Waals surface area contributed by atoms with Gasteiger partial charge in [-0.05, 0) is 33.0 Å². The van der Waals surface area contributed by atoms with Crippen LogP contribution < -0.4 is 5.73 Å². The van der Waals surface area contributed by atoms with Gasteiger partial charge in [0, 0.05) is 6.54 Å². The van der Waals surface area contributed by atoms with Gasteiger partial charge >= 0.3 is 0 Å². The van der Waals surface area contributed by atoms with E-state index in [1.54, 1.807) is 0 Å². The second-order valence-electron chi connectivity index (χ2n) is 2.52. The lowest BCUT2D eigenvalue weighted by atomic mass is 10.3. The average Bonchev–Trinajstić information content (AvgIpc) is 1.97. The highest BCUT2D eigenvalue weighted by atomic mass is 15.1. The first-order valence-corrected chi connectivity index (χ1v) is 3.80. The van der Waals surface area contributed by atoms with Crippen LogP contribution in [0.4, 0.5) is 0 Å². The predicted octanol–water partition coefficient (Wildman–Crippen LogP) is 0.843. The van der Waals surface area contributed by atoms with Gasteiger partial charge in [-0.1, -0.05) is 6.08 Å². The molecule has 0 heterocycles. The fourth-order valence-electron chi connectivity index (χ4n) is 0.785. The molecule has 0 rings (SSSR count). The second-order valence-corrected chi connectivity index (χ2v) is 2.52. The molecule has 2 N–H and O–H groups in total. The SMILES string of the molecule is C=CCCN(C)CCCN. The average molecular weight is 142 g/mol. The monoisotopic (exact) mass is 142 g/mol. The Labute approximate surface area is 63.7 Å². The van der Waals surface area contributed by atoms with Crippen molar-refractivity contribution in [2.24, 2.45) is 5.73 Å². The van der Waals surface area contributed by atoms with Gasteiger partial charge in [0.1, 0.15) is 0 Å². The maximum atomic E-state index is 5.36. The number of hydrogen-bond donors (Lipinski definition) is 1. The first kappa shape index (κ1) is 9.66. The van der Waals surface area contributed by atoms with Crippen molar-refractivity contribution in [2.45, 2.75) is 12.8 Å². The van der Waals surface area contributed by atoms with E-state index in [1.165, 1.54) is 0 Å². The van der Waals surface area contributed by atoms with Gasteiger partial charge in [0.25, 0.3) is 0 Å². The molecule has 0 bridgehead atoms. The summed E-state index contributed by atoms with van der Waals surface area (Å²) < 4.78 is 0. The van der Waals surface area contributed by atoms with Crippen LogP contribution in [-0.4, -0.2) is 31.6 Å². The zero-order valence-electron chi connectivity index (χ0n) is 6.84. The molecule has 10 heavy (non-hydrogen) atoms. The summed E-state index contributed by atoms with van der Waals surface area (Å²) in [7, 11) is 2.11. The fraction of sp³-hybridized carbons (Fsp3) is 0.750. The molecule has 0 aromatic rings. The van der Waals surface area contributed by atoms with Crippen molar-refractivity contribution in [3.05, 3.63) is 12.7 Å². The fourth-order valence-corrected chi connectivity index (χ4v) is 0.785. The molecular weight excluding hydrogens is 124 g/mol. The molecule has 0 aromatic heterocycles. The third-order valence-electron chi connectivity index (χ3n) is 1.46. The first-order chi connectivity index (χ1) is 4.81. The predicted molar refractivity (Wildman–Crippen MR) is 46.0 cm³/mol. The summed E-state index contributed by atoms with van der Waals surface area (Å²) in [6, 6.07) is 0. The molecule has 2 heteroatoms. The summed E-state index contributed by atoms with van der Waals surface area (Å²) in [6.45, 7) is 6.65. The number of rotatable bonds is 6. The molecule has 0 saturated heterocycles. The largest absolute Gasteiger partial charge is 0.330 e. The van der Waals surface area contributed by atoms with Crippen LogP contribution in [0.2, 0.25) is 0 Å². The van der Waals surface area contributed by atoms with Crippen LogP contribution in [0.3, 0.4) is 0 Å². The lowest BCUT2D eigenvalue weighted by Gasteiger charge is -2.13. The Bertz CT molecular complexity index is 81.3. The highest BCUT2D eigenvalue weighted by molar-refractivity contribution is 4.68. The van der Waals surface area contributed by atoms with E-state index < -0.39 is 0 Å². The number of nitrogens with zero attached hydrogens (tertiary/aromatic N) is 1. The Hall–Kier alpha value is -0.340. The normalized spacial score (nSPS) is 10.3. The van der Waals surface area contributed by atoms with E-state index in [4.69, 9.17) is 5.73 Å². The summed E-state index contributed by atoms with van der Waals surface area (Å²) >= 11 is 0. The topological polar surface area (TPSA) is 29.3 Å². The van der Waals surface area contributed by atoms with Crippen LogP contribution in [0.1, 0.15) is 12.8 Å². The smallest absolute Gasteiger partial charge is 0.00128 e. The Balaban J connectivity index is 3.07.